The van der Waals surface area contributed by atoms with E-state index in [1.54, 1.807) is 31.2 Å². The lowest BCUT2D eigenvalue weighted by Crippen LogP contribution is -2.48. The molecule has 0 aromatic heterocycles. The van der Waals surface area contributed by atoms with Crippen molar-refractivity contribution in [3.05, 3.63) is 24.3 Å². The van der Waals surface area contributed by atoms with E-state index in [-0.39, 0.29) is 5.91 Å². The van der Waals surface area contributed by atoms with Crippen molar-refractivity contribution in [2.24, 2.45) is 0 Å². The Morgan fingerprint density at radius 3 is 2.33 bits per heavy atom. The van der Waals surface area contributed by atoms with Gasteiger partial charge in [-0.3, -0.25) is 9.10 Å². The first-order valence-electron chi connectivity index (χ1n) is 8.31. The number of sulfonamides is 1. The normalized spacial score (nSPS) is 12.5. The van der Waals surface area contributed by atoms with Crippen molar-refractivity contribution in [2.45, 2.75) is 46.1 Å². The molecule has 0 aliphatic rings. The predicted molar refractivity (Wildman–Crippen MR) is 96.9 cm³/mol. The average Bonchev–Trinajstić information content (AvgIpc) is 2.52. The van der Waals surface area contributed by atoms with Gasteiger partial charge < -0.3 is 10.1 Å². The van der Waals surface area contributed by atoms with Crippen molar-refractivity contribution in [3.63, 3.8) is 0 Å². The minimum atomic E-state index is -3.59. The molecule has 1 rings (SSSR count). The number of rotatable bonds is 10. The molecular weight excluding hydrogens is 328 g/mol. The van der Waals surface area contributed by atoms with Crippen molar-refractivity contribution in [1.29, 1.82) is 0 Å². The number of benzene rings is 1. The van der Waals surface area contributed by atoms with Crippen molar-refractivity contribution < 1.29 is 17.9 Å². The summed E-state index contributed by atoms with van der Waals surface area (Å²) in [6, 6.07) is 5.87. The van der Waals surface area contributed by atoms with Gasteiger partial charge in [0.2, 0.25) is 15.9 Å². The number of anilines is 1. The molecule has 1 atom stereocenters. The number of ether oxygens (including phenoxy) is 1. The largest absolute Gasteiger partial charge is 0.494 e. The number of hydrogen-bond donors (Lipinski definition) is 1. The van der Waals surface area contributed by atoms with Crippen LogP contribution in [0, 0.1) is 0 Å². The van der Waals surface area contributed by atoms with Crippen LogP contribution in [0.5, 0.6) is 5.75 Å². The molecule has 0 unspecified atom stereocenters. The number of nitrogens with one attached hydrogen (secondary N) is 1. The summed E-state index contributed by atoms with van der Waals surface area (Å²) in [6.07, 6.45) is 4.08. The Kier molecular flexibility index (Phi) is 8.04. The van der Waals surface area contributed by atoms with Crippen LogP contribution in [0.25, 0.3) is 0 Å². The number of amides is 1. The third-order valence-corrected chi connectivity index (χ3v) is 4.81. The van der Waals surface area contributed by atoms with Gasteiger partial charge in [-0.1, -0.05) is 19.8 Å². The van der Waals surface area contributed by atoms with Crippen LogP contribution < -0.4 is 14.4 Å². The van der Waals surface area contributed by atoms with Crippen LogP contribution in [0.1, 0.15) is 40.0 Å². The van der Waals surface area contributed by atoms with E-state index in [1.165, 1.54) is 0 Å². The molecule has 1 N–H and O–H groups in total. The Labute approximate surface area is 145 Å². The Morgan fingerprint density at radius 2 is 1.83 bits per heavy atom. The summed E-state index contributed by atoms with van der Waals surface area (Å²) in [5.74, 6) is 0.358. The summed E-state index contributed by atoms with van der Waals surface area (Å²) in [7, 11) is -3.59. The maximum atomic E-state index is 12.3. The molecule has 0 aliphatic carbocycles. The van der Waals surface area contributed by atoms with Crippen LogP contribution in [-0.4, -0.2) is 39.8 Å². The number of carbonyl (C=O) groups is 1. The number of hydrogen-bond acceptors (Lipinski definition) is 4. The zero-order valence-electron chi connectivity index (χ0n) is 14.9. The highest BCUT2D eigenvalue weighted by atomic mass is 32.2. The van der Waals surface area contributed by atoms with Gasteiger partial charge in [-0.15, -0.1) is 0 Å². The number of carbonyl (C=O) groups excluding carboxylic acids is 1. The lowest BCUT2D eigenvalue weighted by molar-refractivity contribution is -0.121. The van der Waals surface area contributed by atoms with Crippen molar-refractivity contribution in [1.82, 2.24) is 5.32 Å². The van der Waals surface area contributed by atoms with E-state index < -0.39 is 16.1 Å². The molecule has 7 heteroatoms. The molecule has 0 radical (unpaired) electrons. The first-order valence-corrected chi connectivity index (χ1v) is 10.2. The molecule has 6 nitrogen and oxygen atoms in total. The van der Waals surface area contributed by atoms with Crippen molar-refractivity contribution >= 4 is 21.6 Å². The average molecular weight is 356 g/mol. The van der Waals surface area contributed by atoms with Crippen LogP contribution in [0.4, 0.5) is 5.69 Å². The zero-order chi connectivity index (χ0) is 18.2. The van der Waals surface area contributed by atoms with E-state index in [0.29, 0.717) is 24.6 Å². The highest BCUT2D eigenvalue weighted by Gasteiger charge is 2.28. The maximum absolute atomic E-state index is 12.3. The summed E-state index contributed by atoms with van der Waals surface area (Å²) in [5, 5.41) is 2.80. The standard InChI is InChI=1S/C17H28N2O4S/c1-5-7-8-13-18-17(20)14(3)19(24(4,21)22)15-9-11-16(12-10-15)23-6-2/h9-12,14H,5-8,13H2,1-4H3,(H,18,20)/t14-/m1/s1. The molecule has 1 aromatic rings. The third-order valence-electron chi connectivity index (χ3n) is 3.57. The molecule has 0 saturated heterocycles. The molecule has 1 amide bonds. The van der Waals surface area contributed by atoms with Crippen LogP contribution in [0.2, 0.25) is 0 Å². The zero-order valence-corrected chi connectivity index (χ0v) is 15.7. The quantitative estimate of drug-likeness (QED) is 0.654. The highest BCUT2D eigenvalue weighted by Crippen LogP contribution is 2.24. The second kappa shape index (κ2) is 9.52. The SMILES string of the molecule is CCCCCNC(=O)[C@@H](C)N(c1ccc(OCC)cc1)S(C)(=O)=O. The van der Waals surface area contributed by atoms with Gasteiger partial charge in [-0.2, -0.15) is 0 Å². The van der Waals surface area contributed by atoms with Crippen LogP contribution >= 0.6 is 0 Å². The van der Waals surface area contributed by atoms with E-state index >= 15 is 0 Å². The first kappa shape index (κ1) is 20.3. The molecular formula is C17H28N2O4S. The van der Waals surface area contributed by atoms with E-state index in [2.05, 4.69) is 12.2 Å². The monoisotopic (exact) mass is 356 g/mol. The van der Waals surface area contributed by atoms with Gasteiger partial charge in [0.15, 0.2) is 0 Å². The van der Waals surface area contributed by atoms with Crippen LogP contribution in [0.3, 0.4) is 0 Å². The van der Waals surface area contributed by atoms with Gasteiger partial charge in [-0.25, -0.2) is 8.42 Å². The molecule has 0 bridgehead atoms. The molecule has 24 heavy (non-hydrogen) atoms. The Balaban J connectivity index is 2.90. The Hall–Kier alpha value is -1.76. The van der Waals surface area contributed by atoms with Crippen molar-refractivity contribution in [3.8, 4) is 5.75 Å². The van der Waals surface area contributed by atoms with Gasteiger partial charge >= 0.3 is 0 Å². The fourth-order valence-electron chi connectivity index (χ4n) is 2.40. The smallest absolute Gasteiger partial charge is 0.243 e. The fraction of sp³-hybridized carbons (Fsp3) is 0.588. The first-order chi connectivity index (χ1) is 11.3. The number of unbranched alkanes of at least 4 members (excludes halogenated alkanes) is 2. The maximum Gasteiger partial charge on any atom is 0.243 e. The molecule has 1 aromatic carbocycles. The lowest BCUT2D eigenvalue weighted by atomic mass is 10.2. The summed E-state index contributed by atoms with van der Waals surface area (Å²) in [5.41, 5.74) is 0.442. The Bertz CT molecular complexity index is 614. The predicted octanol–water partition coefficient (Wildman–Crippen LogP) is 2.55. The van der Waals surface area contributed by atoms with E-state index in [1.807, 2.05) is 6.92 Å². The van der Waals surface area contributed by atoms with Gasteiger partial charge in [0.05, 0.1) is 18.6 Å². The summed E-state index contributed by atoms with van der Waals surface area (Å²) in [4.78, 5) is 12.3. The second-order valence-corrected chi connectivity index (χ2v) is 7.52. The van der Waals surface area contributed by atoms with Gasteiger partial charge in [0.25, 0.3) is 0 Å². The van der Waals surface area contributed by atoms with E-state index in [4.69, 9.17) is 4.74 Å². The van der Waals surface area contributed by atoms with E-state index in [9.17, 15) is 13.2 Å². The third kappa shape index (κ3) is 6.03. The molecule has 0 heterocycles. The number of nitrogens with zero attached hydrogens (tertiary/aromatic N) is 1. The van der Waals surface area contributed by atoms with Gasteiger partial charge in [-0.05, 0) is 44.5 Å². The minimum absolute atomic E-state index is 0.301. The lowest BCUT2D eigenvalue weighted by Gasteiger charge is -2.28. The Morgan fingerprint density at radius 1 is 1.21 bits per heavy atom. The molecule has 136 valence electrons. The molecule has 0 saturated carbocycles. The summed E-state index contributed by atoms with van der Waals surface area (Å²) in [6.45, 7) is 6.64. The second-order valence-electron chi connectivity index (χ2n) is 5.66. The molecule has 0 spiro atoms. The molecule has 0 fully saturated rings. The van der Waals surface area contributed by atoms with Gasteiger partial charge in [0, 0.05) is 6.54 Å². The van der Waals surface area contributed by atoms with Crippen LogP contribution in [0.15, 0.2) is 24.3 Å². The topological polar surface area (TPSA) is 75.7 Å². The van der Waals surface area contributed by atoms with Gasteiger partial charge in [0.1, 0.15) is 11.8 Å². The van der Waals surface area contributed by atoms with Crippen molar-refractivity contribution in [2.75, 3.05) is 23.7 Å². The minimum Gasteiger partial charge on any atom is -0.494 e. The molecule has 0 aliphatic heterocycles. The summed E-state index contributed by atoms with van der Waals surface area (Å²) >= 11 is 0. The fourth-order valence-corrected chi connectivity index (χ4v) is 3.57. The van der Waals surface area contributed by atoms with Crippen LogP contribution in [-0.2, 0) is 14.8 Å². The highest BCUT2D eigenvalue weighted by molar-refractivity contribution is 7.92. The summed E-state index contributed by atoms with van der Waals surface area (Å²) < 4.78 is 30.9. The van der Waals surface area contributed by atoms with E-state index in [0.717, 1.165) is 29.8 Å².